The fourth-order valence-corrected chi connectivity index (χ4v) is 1.04. The van der Waals surface area contributed by atoms with Gasteiger partial charge in [0, 0.05) is 5.69 Å². The van der Waals surface area contributed by atoms with Gasteiger partial charge in [0.2, 0.25) is 0 Å². The van der Waals surface area contributed by atoms with Crippen molar-refractivity contribution in [3.05, 3.63) is 43.0 Å². The van der Waals surface area contributed by atoms with E-state index in [0.717, 1.165) is 5.69 Å². The van der Waals surface area contributed by atoms with Crippen LogP contribution < -0.4 is 5.73 Å². The van der Waals surface area contributed by atoms with Gasteiger partial charge in [-0.15, -0.1) is 13.2 Å². The number of hydrogen-bond acceptors (Lipinski definition) is 1. The van der Waals surface area contributed by atoms with Crippen LogP contribution in [-0.2, 0) is 0 Å². The Morgan fingerprint density at radius 1 is 1.17 bits per heavy atom. The maximum Gasteiger partial charge on any atom is 0.0349 e. The smallest absolute Gasteiger partial charge is 0.0349 e. The molecule has 0 saturated carbocycles. The second-order valence-electron chi connectivity index (χ2n) is 2.78. The van der Waals surface area contributed by atoms with Crippen LogP contribution in [0.1, 0.15) is 25.3 Å². The molecule has 1 aromatic carbocycles. The summed E-state index contributed by atoms with van der Waals surface area (Å²) in [5.74, 6) is 0.529. The number of nitrogen functional groups attached to an aromatic ring is 1. The first-order valence-electron chi connectivity index (χ1n) is 4.06. The lowest BCUT2D eigenvalue weighted by molar-refractivity contribution is 0.870. The lowest BCUT2D eigenvalue weighted by atomic mass is 10.0. The fraction of sp³-hybridized carbons (Fsp3) is 0.273. The number of nitrogens with two attached hydrogens (primary N) is 1. The number of para-hydroxylation sites is 1. The largest absolute Gasteiger partial charge is 0.398 e. The molecule has 0 aromatic heterocycles. The predicted molar refractivity (Wildman–Crippen MR) is 56.2 cm³/mol. The molecule has 0 radical (unpaired) electrons. The highest BCUT2D eigenvalue weighted by atomic mass is 14.6. The second kappa shape index (κ2) is 5.42. The third-order valence-electron chi connectivity index (χ3n) is 1.62. The van der Waals surface area contributed by atoms with Crippen LogP contribution in [0.25, 0.3) is 0 Å². The van der Waals surface area contributed by atoms with E-state index in [1.807, 2.05) is 18.2 Å². The third kappa shape index (κ3) is 2.79. The van der Waals surface area contributed by atoms with Gasteiger partial charge in [0.1, 0.15) is 0 Å². The van der Waals surface area contributed by atoms with Gasteiger partial charge < -0.3 is 5.73 Å². The Kier molecular flexibility index (Phi) is 4.86. The summed E-state index contributed by atoms with van der Waals surface area (Å²) >= 11 is 0. The normalized spacial score (nSPS) is 8.92. The molecule has 0 bridgehead atoms. The Morgan fingerprint density at radius 3 is 2.00 bits per heavy atom. The highest BCUT2D eigenvalue weighted by molar-refractivity contribution is 5.47. The summed E-state index contributed by atoms with van der Waals surface area (Å²) in [5, 5.41) is 0. The summed E-state index contributed by atoms with van der Waals surface area (Å²) in [5.41, 5.74) is 7.86. The number of rotatable bonds is 1. The molecule has 0 fully saturated rings. The third-order valence-corrected chi connectivity index (χ3v) is 1.62. The van der Waals surface area contributed by atoms with Crippen LogP contribution in [0.3, 0.4) is 0 Å². The first kappa shape index (κ1) is 10.8. The molecule has 0 aliphatic rings. The van der Waals surface area contributed by atoms with E-state index in [1.54, 1.807) is 0 Å². The molecule has 2 N–H and O–H groups in total. The summed E-state index contributed by atoms with van der Waals surface area (Å²) in [6, 6.07) is 7.99. The van der Waals surface area contributed by atoms with E-state index in [2.05, 4.69) is 33.1 Å². The van der Waals surface area contributed by atoms with Crippen molar-refractivity contribution in [3.63, 3.8) is 0 Å². The minimum Gasteiger partial charge on any atom is -0.398 e. The molecule has 1 aromatic rings. The van der Waals surface area contributed by atoms with E-state index in [-0.39, 0.29) is 0 Å². The van der Waals surface area contributed by atoms with Gasteiger partial charge in [0.25, 0.3) is 0 Å². The van der Waals surface area contributed by atoms with Crippen molar-refractivity contribution < 1.29 is 0 Å². The van der Waals surface area contributed by atoms with Crippen LogP contribution in [0.5, 0.6) is 0 Å². The van der Waals surface area contributed by atoms with Crippen LogP contribution in [0, 0.1) is 0 Å². The van der Waals surface area contributed by atoms with Crippen LogP contribution >= 0.6 is 0 Å². The van der Waals surface area contributed by atoms with Crippen LogP contribution in [-0.4, -0.2) is 0 Å². The lowest BCUT2D eigenvalue weighted by Gasteiger charge is -2.07. The summed E-state index contributed by atoms with van der Waals surface area (Å²) in [7, 11) is 0. The quantitative estimate of drug-likeness (QED) is 0.499. The average Bonchev–Trinajstić information content (AvgIpc) is 2.08. The Balaban J connectivity index is 0.000000561. The molecule has 0 spiro atoms. The highest BCUT2D eigenvalue weighted by Crippen LogP contribution is 2.19. The van der Waals surface area contributed by atoms with Crippen molar-refractivity contribution in [2.45, 2.75) is 19.8 Å². The predicted octanol–water partition coefficient (Wildman–Crippen LogP) is 3.19. The molecule has 1 rings (SSSR count). The fourth-order valence-electron chi connectivity index (χ4n) is 1.04. The van der Waals surface area contributed by atoms with Crippen LogP contribution in [0.4, 0.5) is 5.69 Å². The van der Waals surface area contributed by atoms with E-state index in [9.17, 15) is 0 Å². The summed E-state index contributed by atoms with van der Waals surface area (Å²) < 4.78 is 0. The number of hydrogen-bond donors (Lipinski definition) is 1. The molecule has 66 valence electrons. The topological polar surface area (TPSA) is 26.0 Å². The summed E-state index contributed by atoms with van der Waals surface area (Å²) in [4.78, 5) is 0. The first-order chi connectivity index (χ1) is 5.72. The highest BCUT2D eigenvalue weighted by Gasteiger charge is 2.00. The number of benzene rings is 1. The molecule has 0 amide bonds. The SMILES string of the molecule is C=C.CC(C)c1ccccc1N. The van der Waals surface area contributed by atoms with E-state index in [0.29, 0.717) is 5.92 Å². The first-order valence-corrected chi connectivity index (χ1v) is 4.06. The van der Waals surface area contributed by atoms with Gasteiger partial charge in [-0.25, -0.2) is 0 Å². The van der Waals surface area contributed by atoms with Crippen LogP contribution in [0.15, 0.2) is 37.4 Å². The summed E-state index contributed by atoms with van der Waals surface area (Å²) in [6.45, 7) is 10.3. The van der Waals surface area contributed by atoms with E-state index in [1.165, 1.54) is 5.56 Å². The maximum atomic E-state index is 5.72. The lowest BCUT2D eigenvalue weighted by Crippen LogP contribution is -1.94. The molecule has 0 aliphatic heterocycles. The van der Waals surface area contributed by atoms with Gasteiger partial charge in [-0.05, 0) is 17.5 Å². The zero-order chi connectivity index (χ0) is 9.56. The Bertz CT molecular complexity index is 228. The molecule has 0 unspecified atom stereocenters. The van der Waals surface area contributed by atoms with Gasteiger partial charge in [-0.2, -0.15) is 0 Å². The average molecular weight is 163 g/mol. The molecule has 0 aliphatic carbocycles. The Morgan fingerprint density at radius 2 is 1.67 bits per heavy atom. The van der Waals surface area contributed by atoms with Crippen molar-refractivity contribution >= 4 is 5.69 Å². The monoisotopic (exact) mass is 163 g/mol. The molecule has 0 heterocycles. The van der Waals surface area contributed by atoms with Crippen molar-refractivity contribution in [1.29, 1.82) is 0 Å². The zero-order valence-electron chi connectivity index (χ0n) is 7.88. The van der Waals surface area contributed by atoms with Crippen LogP contribution in [0.2, 0.25) is 0 Å². The van der Waals surface area contributed by atoms with Crippen molar-refractivity contribution in [2.75, 3.05) is 5.73 Å². The number of anilines is 1. The van der Waals surface area contributed by atoms with Crippen molar-refractivity contribution in [2.24, 2.45) is 0 Å². The second-order valence-corrected chi connectivity index (χ2v) is 2.78. The van der Waals surface area contributed by atoms with Crippen molar-refractivity contribution in [3.8, 4) is 0 Å². The van der Waals surface area contributed by atoms with E-state index >= 15 is 0 Å². The van der Waals surface area contributed by atoms with E-state index in [4.69, 9.17) is 5.73 Å². The van der Waals surface area contributed by atoms with Gasteiger partial charge in [-0.1, -0.05) is 32.0 Å². The minimum absolute atomic E-state index is 0.529. The minimum atomic E-state index is 0.529. The molecule has 12 heavy (non-hydrogen) atoms. The zero-order valence-corrected chi connectivity index (χ0v) is 7.88. The Labute approximate surface area is 74.9 Å². The maximum absolute atomic E-state index is 5.72. The van der Waals surface area contributed by atoms with Gasteiger partial charge in [0.05, 0.1) is 0 Å². The van der Waals surface area contributed by atoms with Gasteiger partial charge >= 0.3 is 0 Å². The van der Waals surface area contributed by atoms with Crippen molar-refractivity contribution in [1.82, 2.24) is 0 Å². The van der Waals surface area contributed by atoms with E-state index < -0.39 is 0 Å². The van der Waals surface area contributed by atoms with Gasteiger partial charge in [-0.3, -0.25) is 0 Å². The molecule has 0 saturated heterocycles. The molecular weight excluding hydrogens is 146 g/mol. The Hall–Kier alpha value is -1.24. The standard InChI is InChI=1S/C9H13N.C2H4/c1-7(2)8-5-3-4-6-9(8)10;1-2/h3-7H,10H2,1-2H3;1-2H2. The molecular formula is C11H17N. The molecule has 1 nitrogen and oxygen atoms in total. The summed E-state index contributed by atoms with van der Waals surface area (Å²) in [6.07, 6.45) is 0. The molecule has 1 heteroatoms. The molecule has 0 atom stereocenters. The van der Waals surface area contributed by atoms with Gasteiger partial charge in [0.15, 0.2) is 0 Å².